The molecule has 0 saturated carbocycles. The first kappa shape index (κ1) is 27.8. The number of fused-ring (bicyclic) bond motifs is 2. The molecule has 0 spiro atoms. The van der Waals surface area contributed by atoms with Gasteiger partial charge in [0.1, 0.15) is 0 Å². The molecule has 2 heteroatoms. The van der Waals surface area contributed by atoms with Crippen molar-refractivity contribution in [3.63, 3.8) is 0 Å². The Kier molecular flexibility index (Phi) is 9.74. The standard InChI is InChI=1S/C38H44N2/c1-3-5-7-9-15-29-21-25-31(26-22-29)39-37-33-17-11-13-19-35(33)38(36-20-14-12-18-34(36)37)40-32-27-23-30(24-28-32)16-10-8-6-4-2/h11-14,17-28,39-40H,3-10,15-16H2,1-2H3. The topological polar surface area (TPSA) is 24.1 Å². The first-order valence-electron chi connectivity index (χ1n) is 15.4. The molecule has 0 amide bonds. The lowest BCUT2D eigenvalue weighted by molar-refractivity contribution is 0.667. The number of nitrogens with one attached hydrogen (secondary N) is 2. The van der Waals surface area contributed by atoms with Gasteiger partial charge >= 0.3 is 0 Å². The van der Waals surface area contributed by atoms with Gasteiger partial charge in [-0.1, -0.05) is 125 Å². The molecule has 0 aliphatic heterocycles. The Bertz CT molecular complexity index is 1330. The third kappa shape index (κ3) is 6.86. The second-order valence-electron chi connectivity index (χ2n) is 11.1. The van der Waals surface area contributed by atoms with E-state index in [0.29, 0.717) is 0 Å². The number of hydrogen-bond donors (Lipinski definition) is 2. The highest BCUT2D eigenvalue weighted by Crippen LogP contribution is 2.42. The molecule has 206 valence electrons. The van der Waals surface area contributed by atoms with E-state index in [2.05, 4.69) is 122 Å². The number of aryl methyl sites for hydroxylation is 2. The second-order valence-corrected chi connectivity index (χ2v) is 11.1. The normalized spacial score (nSPS) is 11.2. The zero-order chi connectivity index (χ0) is 27.6. The largest absolute Gasteiger partial charge is 0.355 e. The number of rotatable bonds is 14. The number of benzene rings is 5. The van der Waals surface area contributed by atoms with Crippen LogP contribution in [0.25, 0.3) is 21.5 Å². The van der Waals surface area contributed by atoms with E-state index in [1.807, 2.05) is 0 Å². The molecule has 0 aromatic heterocycles. The highest BCUT2D eigenvalue weighted by atomic mass is 14.9. The average Bonchev–Trinajstić information content (AvgIpc) is 3.00. The van der Waals surface area contributed by atoms with Crippen LogP contribution in [0.5, 0.6) is 0 Å². The molecule has 0 radical (unpaired) electrons. The van der Waals surface area contributed by atoms with Gasteiger partial charge in [0.05, 0.1) is 11.4 Å². The highest BCUT2D eigenvalue weighted by Gasteiger charge is 2.14. The van der Waals surface area contributed by atoms with Crippen molar-refractivity contribution < 1.29 is 0 Å². The van der Waals surface area contributed by atoms with Gasteiger partial charge in [0.15, 0.2) is 0 Å². The zero-order valence-corrected chi connectivity index (χ0v) is 24.3. The van der Waals surface area contributed by atoms with E-state index in [9.17, 15) is 0 Å². The van der Waals surface area contributed by atoms with Crippen molar-refractivity contribution in [1.82, 2.24) is 0 Å². The van der Waals surface area contributed by atoms with Crippen LogP contribution in [0, 0.1) is 0 Å². The van der Waals surface area contributed by atoms with Gasteiger partial charge in [0, 0.05) is 32.9 Å². The Morgan fingerprint density at radius 3 is 1.07 bits per heavy atom. The molecule has 5 rings (SSSR count). The Morgan fingerprint density at radius 1 is 0.400 bits per heavy atom. The molecule has 5 aromatic carbocycles. The second kappa shape index (κ2) is 14.0. The predicted molar refractivity (Wildman–Crippen MR) is 177 cm³/mol. The minimum Gasteiger partial charge on any atom is -0.355 e. The van der Waals surface area contributed by atoms with E-state index >= 15 is 0 Å². The summed E-state index contributed by atoms with van der Waals surface area (Å²) in [7, 11) is 0. The molecule has 5 aromatic rings. The molecule has 0 fully saturated rings. The monoisotopic (exact) mass is 528 g/mol. The third-order valence-electron chi connectivity index (χ3n) is 8.02. The van der Waals surface area contributed by atoms with Gasteiger partial charge in [-0.25, -0.2) is 0 Å². The lowest BCUT2D eigenvalue weighted by Gasteiger charge is -2.19. The lowest BCUT2D eigenvalue weighted by atomic mass is 9.97. The highest BCUT2D eigenvalue weighted by molar-refractivity contribution is 6.20. The minimum absolute atomic E-state index is 1.13. The van der Waals surface area contributed by atoms with Crippen LogP contribution in [-0.2, 0) is 12.8 Å². The van der Waals surface area contributed by atoms with Gasteiger partial charge in [0.25, 0.3) is 0 Å². The summed E-state index contributed by atoms with van der Waals surface area (Å²) in [5.41, 5.74) is 7.42. The van der Waals surface area contributed by atoms with Gasteiger partial charge in [0.2, 0.25) is 0 Å². The van der Waals surface area contributed by atoms with Crippen LogP contribution < -0.4 is 10.6 Å². The van der Waals surface area contributed by atoms with Crippen molar-refractivity contribution in [3.8, 4) is 0 Å². The number of hydrogen-bond acceptors (Lipinski definition) is 2. The summed E-state index contributed by atoms with van der Waals surface area (Å²) >= 11 is 0. The first-order valence-corrected chi connectivity index (χ1v) is 15.4. The van der Waals surface area contributed by atoms with Crippen molar-refractivity contribution in [2.75, 3.05) is 10.6 Å². The molecule has 0 aliphatic rings. The first-order chi connectivity index (χ1) is 19.8. The van der Waals surface area contributed by atoms with Gasteiger partial charge < -0.3 is 10.6 Å². The zero-order valence-electron chi connectivity index (χ0n) is 24.3. The number of anilines is 4. The Morgan fingerprint density at radius 2 is 0.750 bits per heavy atom. The van der Waals surface area contributed by atoms with Gasteiger partial charge in [-0.3, -0.25) is 0 Å². The maximum atomic E-state index is 3.79. The fraction of sp³-hybridized carbons (Fsp3) is 0.316. The van der Waals surface area contributed by atoms with Crippen LogP contribution in [0.3, 0.4) is 0 Å². The maximum absolute atomic E-state index is 3.79. The quantitative estimate of drug-likeness (QED) is 0.0850. The Labute approximate surface area is 240 Å². The molecule has 0 atom stereocenters. The molecule has 0 saturated heterocycles. The SMILES string of the molecule is CCCCCCc1ccc(Nc2c3ccccc3c(Nc3ccc(CCCCCC)cc3)c3ccccc23)cc1. The summed E-state index contributed by atoms with van der Waals surface area (Å²) in [6.45, 7) is 4.54. The molecule has 0 bridgehead atoms. The number of unbranched alkanes of at least 4 members (excludes halogenated alkanes) is 6. The Hall–Kier alpha value is -3.78. The van der Waals surface area contributed by atoms with E-state index in [4.69, 9.17) is 0 Å². The van der Waals surface area contributed by atoms with E-state index in [1.165, 1.54) is 84.0 Å². The molecule has 0 aliphatic carbocycles. The summed E-state index contributed by atoms with van der Waals surface area (Å²) in [6, 6.07) is 35.5. The van der Waals surface area contributed by atoms with Crippen LogP contribution >= 0.6 is 0 Å². The fourth-order valence-electron chi connectivity index (χ4n) is 5.71. The fourth-order valence-corrected chi connectivity index (χ4v) is 5.71. The molecular weight excluding hydrogens is 484 g/mol. The van der Waals surface area contributed by atoms with E-state index in [1.54, 1.807) is 0 Å². The van der Waals surface area contributed by atoms with Crippen LogP contribution in [0.1, 0.15) is 76.3 Å². The Balaban J connectivity index is 1.42. The molecule has 2 N–H and O–H groups in total. The van der Waals surface area contributed by atoms with Crippen LogP contribution in [0.4, 0.5) is 22.7 Å². The molecule has 40 heavy (non-hydrogen) atoms. The van der Waals surface area contributed by atoms with Gasteiger partial charge in [-0.15, -0.1) is 0 Å². The smallest absolute Gasteiger partial charge is 0.0545 e. The summed E-state index contributed by atoms with van der Waals surface area (Å²) < 4.78 is 0. The minimum atomic E-state index is 1.13. The van der Waals surface area contributed by atoms with Crippen molar-refractivity contribution in [1.29, 1.82) is 0 Å². The average molecular weight is 529 g/mol. The summed E-state index contributed by atoms with van der Waals surface area (Å²) in [4.78, 5) is 0. The van der Waals surface area contributed by atoms with Crippen molar-refractivity contribution in [2.45, 2.75) is 78.1 Å². The van der Waals surface area contributed by atoms with E-state index in [0.717, 1.165) is 35.6 Å². The van der Waals surface area contributed by atoms with Crippen molar-refractivity contribution in [2.24, 2.45) is 0 Å². The predicted octanol–water partition coefficient (Wildman–Crippen LogP) is 11.7. The van der Waals surface area contributed by atoms with Crippen molar-refractivity contribution in [3.05, 3.63) is 108 Å². The molecule has 2 nitrogen and oxygen atoms in total. The van der Waals surface area contributed by atoms with Gasteiger partial charge in [-0.2, -0.15) is 0 Å². The summed E-state index contributed by atoms with van der Waals surface area (Å²) in [6.07, 6.45) is 12.7. The third-order valence-corrected chi connectivity index (χ3v) is 8.02. The lowest BCUT2D eigenvalue weighted by Crippen LogP contribution is -1.99. The van der Waals surface area contributed by atoms with Crippen LogP contribution in [0.2, 0.25) is 0 Å². The van der Waals surface area contributed by atoms with E-state index < -0.39 is 0 Å². The molecule has 0 heterocycles. The summed E-state index contributed by atoms with van der Waals surface area (Å²) in [5.74, 6) is 0. The molecular formula is C38H44N2. The van der Waals surface area contributed by atoms with Gasteiger partial charge in [-0.05, 0) is 61.1 Å². The van der Waals surface area contributed by atoms with E-state index in [-0.39, 0.29) is 0 Å². The maximum Gasteiger partial charge on any atom is 0.0545 e. The summed E-state index contributed by atoms with van der Waals surface area (Å²) in [5, 5.41) is 12.5. The molecule has 0 unspecified atom stereocenters. The van der Waals surface area contributed by atoms with Crippen LogP contribution in [-0.4, -0.2) is 0 Å². The van der Waals surface area contributed by atoms with Crippen molar-refractivity contribution >= 4 is 44.3 Å². The van der Waals surface area contributed by atoms with Crippen LogP contribution in [0.15, 0.2) is 97.1 Å².